The van der Waals surface area contributed by atoms with E-state index in [1.807, 2.05) is 0 Å². The molecular weight excluding hydrogens is 258 g/mol. The molecule has 1 aliphatic heterocycles. The fourth-order valence-electron chi connectivity index (χ4n) is 2.31. The number of rotatable bonds is 7. The lowest BCUT2D eigenvalue weighted by Gasteiger charge is -2.23. The quantitative estimate of drug-likeness (QED) is 0.559. The minimum absolute atomic E-state index is 0.0272. The van der Waals surface area contributed by atoms with Gasteiger partial charge in [-0.2, -0.15) is 0 Å². The van der Waals surface area contributed by atoms with Crippen LogP contribution in [0.4, 0.5) is 0 Å². The largest absolute Gasteiger partial charge is 0.394 e. The van der Waals surface area contributed by atoms with Gasteiger partial charge in [0, 0.05) is 26.3 Å². The molecule has 0 radical (unpaired) electrons. The molecule has 0 spiro atoms. The average Bonchev–Trinajstić information content (AvgIpc) is 2.93. The van der Waals surface area contributed by atoms with E-state index in [1.54, 1.807) is 25.1 Å². The van der Waals surface area contributed by atoms with Crippen LogP contribution in [0.15, 0.2) is 21.4 Å². The van der Waals surface area contributed by atoms with E-state index in [1.165, 1.54) is 0 Å². The number of aliphatic imine (C=N–C) groups is 2. The fraction of sp³-hybridized carbons (Fsp3) is 0.643. The molecule has 0 aromatic heterocycles. The zero-order valence-corrected chi connectivity index (χ0v) is 12.2. The summed E-state index contributed by atoms with van der Waals surface area (Å²) >= 11 is 0. The van der Waals surface area contributed by atoms with Gasteiger partial charge in [-0.05, 0) is 26.5 Å². The maximum atomic E-state index is 12.5. The molecular formula is C14H23N3O3. The minimum Gasteiger partial charge on any atom is -0.394 e. The Morgan fingerprint density at radius 3 is 2.90 bits per heavy atom. The van der Waals surface area contributed by atoms with Gasteiger partial charge in [-0.25, -0.2) is 0 Å². The molecule has 0 aromatic carbocycles. The summed E-state index contributed by atoms with van der Waals surface area (Å²) in [5.74, 6) is -0.215. The summed E-state index contributed by atoms with van der Waals surface area (Å²) < 4.78 is 5.03. The van der Waals surface area contributed by atoms with Crippen molar-refractivity contribution in [1.82, 2.24) is 4.90 Å². The Labute approximate surface area is 119 Å². The van der Waals surface area contributed by atoms with Crippen molar-refractivity contribution in [1.29, 1.82) is 0 Å². The molecule has 1 fully saturated rings. The molecule has 0 saturated carbocycles. The lowest BCUT2D eigenvalue weighted by Crippen LogP contribution is -2.38. The number of amides is 1. The maximum absolute atomic E-state index is 12.5. The third-order valence-electron chi connectivity index (χ3n) is 3.31. The normalized spacial score (nSPS) is 20.4. The fourth-order valence-corrected chi connectivity index (χ4v) is 2.31. The molecule has 1 N–H and O–H groups in total. The number of hydrogen-bond acceptors (Lipinski definition) is 5. The highest BCUT2D eigenvalue weighted by molar-refractivity contribution is 5.95. The lowest BCUT2D eigenvalue weighted by atomic mass is 10.2. The Morgan fingerprint density at radius 2 is 2.35 bits per heavy atom. The summed E-state index contributed by atoms with van der Waals surface area (Å²) in [5.41, 5.74) is 0.818. The smallest absolute Gasteiger partial charge is 0.274 e. The van der Waals surface area contributed by atoms with Gasteiger partial charge >= 0.3 is 0 Å². The first kappa shape index (κ1) is 16.5. The molecule has 0 unspecified atom stereocenters. The number of methoxy groups -OCH3 is 1. The van der Waals surface area contributed by atoms with E-state index in [2.05, 4.69) is 16.7 Å². The Morgan fingerprint density at radius 1 is 1.60 bits per heavy atom. The van der Waals surface area contributed by atoms with Crippen LogP contribution in [0.25, 0.3) is 0 Å². The molecule has 1 saturated heterocycles. The molecule has 6 nitrogen and oxygen atoms in total. The first-order chi connectivity index (χ1) is 9.69. The summed E-state index contributed by atoms with van der Waals surface area (Å²) in [6.07, 6.45) is 3.83. The number of likely N-dealkylation sites (tertiary alicyclic amines) is 1. The highest BCUT2D eigenvalue weighted by Crippen LogP contribution is 2.22. The van der Waals surface area contributed by atoms with Crippen molar-refractivity contribution in [3.8, 4) is 0 Å². The number of hydrogen-bond donors (Lipinski definition) is 1. The molecule has 112 valence electrons. The van der Waals surface area contributed by atoms with Gasteiger partial charge in [0.25, 0.3) is 5.91 Å². The predicted octanol–water partition coefficient (Wildman–Crippen LogP) is 1.01. The second kappa shape index (κ2) is 8.60. The van der Waals surface area contributed by atoms with Crippen LogP contribution < -0.4 is 0 Å². The van der Waals surface area contributed by atoms with E-state index in [-0.39, 0.29) is 24.3 Å². The van der Waals surface area contributed by atoms with Crippen molar-refractivity contribution >= 4 is 18.8 Å². The van der Waals surface area contributed by atoms with Gasteiger partial charge in [0.15, 0.2) is 0 Å². The van der Waals surface area contributed by atoms with Gasteiger partial charge in [0.05, 0.1) is 25.0 Å². The summed E-state index contributed by atoms with van der Waals surface area (Å²) in [6, 6.07) is -0.131. The molecule has 6 heteroatoms. The zero-order chi connectivity index (χ0) is 15.0. The van der Waals surface area contributed by atoms with Crippen molar-refractivity contribution in [3.05, 3.63) is 11.4 Å². The van der Waals surface area contributed by atoms with E-state index >= 15 is 0 Å². The van der Waals surface area contributed by atoms with Crippen molar-refractivity contribution in [2.75, 3.05) is 26.9 Å². The molecule has 0 bridgehead atoms. The Kier molecular flexibility index (Phi) is 7.11. The first-order valence-electron chi connectivity index (χ1n) is 6.78. The molecule has 20 heavy (non-hydrogen) atoms. The van der Waals surface area contributed by atoms with Gasteiger partial charge < -0.3 is 14.7 Å². The monoisotopic (exact) mass is 281 g/mol. The third kappa shape index (κ3) is 3.98. The number of carbonyl (C=O) groups is 1. The molecule has 1 heterocycles. The second-order valence-corrected chi connectivity index (χ2v) is 4.56. The Hall–Kier alpha value is -1.53. The summed E-state index contributed by atoms with van der Waals surface area (Å²) in [6.45, 7) is 6.33. The molecule has 1 amide bonds. The molecule has 1 aliphatic rings. The molecule has 0 aliphatic carbocycles. The first-order valence-corrected chi connectivity index (χ1v) is 6.78. The minimum atomic E-state index is -0.215. The van der Waals surface area contributed by atoms with E-state index in [9.17, 15) is 9.90 Å². The predicted molar refractivity (Wildman–Crippen MR) is 79.1 cm³/mol. The summed E-state index contributed by atoms with van der Waals surface area (Å²) in [4.78, 5) is 22.3. The van der Waals surface area contributed by atoms with Crippen molar-refractivity contribution < 1.29 is 14.6 Å². The van der Waals surface area contributed by atoms with Crippen LogP contribution in [-0.4, -0.2) is 61.8 Å². The summed E-state index contributed by atoms with van der Waals surface area (Å²) in [7, 11) is 1.60. The van der Waals surface area contributed by atoms with Gasteiger partial charge in [-0.3, -0.25) is 14.8 Å². The van der Waals surface area contributed by atoms with E-state index in [0.29, 0.717) is 25.3 Å². The van der Waals surface area contributed by atoms with E-state index in [4.69, 9.17) is 4.74 Å². The van der Waals surface area contributed by atoms with Crippen LogP contribution in [0.5, 0.6) is 0 Å². The lowest BCUT2D eigenvalue weighted by molar-refractivity contribution is -0.128. The summed E-state index contributed by atoms with van der Waals surface area (Å²) in [5, 5.41) is 9.32. The highest BCUT2D eigenvalue weighted by Gasteiger charge is 2.31. The van der Waals surface area contributed by atoms with Crippen LogP contribution in [0.1, 0.15) is 26.2 Å². The van der Waals surface area contributed by atoms with Crippen LogP contribution in [-0.2, 0) is 9.53 Å². The number of nitrogens with zero attached hydrogens (tertiary/aromatic N) is 3. The highest BCUT2D eigenvalue weighted by atomic mass is 16.5. The molecule has 1 atom stereocenters. The van der Waals surface area contributed by atoms with E-state index in [0.717, 1.165) is 12.8 Å². The zero-order valence-electron chi connectivity index (χ0n) is 12.2. The standard InChI is InChI=1S/C14H23N3O3/c1-4-16-12(7-9-20-3)13(15-2)14(19)17-8-5-6-11(17)10-18/h4,11,18H,2,5-10H2,1,3H3/b13-12-,16-4-/t11-/m0/s1. The van der Waals surface area contributed by atoms with E-state index < -0.39 is 0 Å². The van der Waals surface area contributed by atoms with Crippen LogP contribution in [0.2, 0.25) is 0 Å². The topological polar surface area (TPSA) is 74.5 Å². The second-order valence-electron chi connectivity index (χ2n) is 4.56. The van der Waals surface area contributed by atoms with Crippen LogP contribution >= 0.6 is 0 Å². The van der Waals surface area contributed by atoms with Gasteiger partial charge in [-0.15, -0.1) is 0 Å². The number of ether oxygens (including phenoxy) is 1. The Bertz CT molecular complexity index is 404. The molecule has 1 rings (SSSR count). The average molecular weight is 281 g/mol. The van der Waals surface area contributed by atoms with Crippen molar-refractivity contribution in [3.63, 3.8) is 0 Å². The van der Waals surface area contributed by atoms with Crippen molar-refractivity contribution in [2.45, 2.75) is 32.2 Å². The number of aliphatic hydroxyl groups is 1. The number of aliphatic hydroxyl groups excluding tert-OH is 1. The van der Waals surface area contributed by atoms with Crippen molar-refractivity contribution in [2.24, 2.45) is 9.98 Å². The number of carbonyl (C=O) groups excluding carboxylic acids is 1. The van der Waals surface area contributed by atoms with Crippen LogP contribution in [0, 0.1) is 0 Å². The molecule has 0 aromatic rings. The van der Waals surface area contributed by atoms with Crippen LogP contribution in [0.3, 0.4) is 0 Å². The SMILES string of the molecule is C=N/C(C(=O)N1CCC[C@H]1CO)=C(CCOC)\N=C/C. The van der Waals surface area contributed by atoms with Gasteiger partial charge in [0.1, 0.15) is 5.70 Å². The maximum Gasteiger partial charge on any atom is 0.274 e. The van der Waals surface area contributed by atoms with Gasteiger partial charge in [0.2, 0.25) is 0 Å². The Balaban J connectivity index is 3.00. The van der Waals surface area contributed by atoms with Gasteiger partial charge in [-0.1, -0.05) is 0 Å². The third-order valence-corrected chi connectivity index (χ3v) is 3.31.